The number of thioether (sulfide) groups is 1. The van der Waals surface area contributed by atoms with Crippen molar-refractivity contribution in [1.29, 1.82) is 0 Å². The van der Waals surface area contributed by atoms with Gasteiger partial charge < -0.3 is 15.3 Å². The van der Waals surface area contributed by atoms with Gasteiger partial charge in [0, 0.05) is 18.8 Å². The lowest BCUT2D eigenvalue weighted by molar-refractivity contribution is -0.139. The van der Waals surface area contributed by atoms with E-state index in [2.05, 4.69) is 5.32 Å². The van der Waals surface area contributed by atoms with Gasteiger partial charge in [-0.25, -0.2) is 9.59 Å². The first-order valence-electron chi connectivity index (χ1n) is 6.04. The molecule has 0 aromatic carbocycles. The van der Waals surface area contributed by atoms with E-state index < -0.39 is 12.0 Å². The highest BCUT2D eigenvalue weighted by Crippen LogP contribution is 2.07. The largest absolute Gasteiger partial charge is 0.480 e. The Labute approximate surface area is 113 Å². The van der Waals surface area contributed by atoms with Crippen LogP contribution >= 0.6 is 11.8 Å². The van der Waals surface area contributed by atoms with E-state index in [0.29, 0.717) is 6.42 Å². The number of hydrogen-bond donors (Lipinski definition) is 2. The third kappa shape index (κ3) is 6.14. The molecule has 0 saturated carbocycles. The number of nitrogens with one attached hydrogen (secondary N) is 1. The van der Waals surface area contributed by atoms with Crippen molar-refractivity contribution in [1.82, 2.24) is 10.2 Å². The van der Waals surface area contributed by atoms with Crippen LogP contribution in [0, 0.1) is 5.92 Å². The van der Waals surface area contributed by atoms with Gasteiger partial charge in [0.25, 0.3) is 0 Å². The minimum Gasteiger partial charge on any atom is -0.480 e. The molecule has 106 valence electrons. The summed E-state index contributed by atoms with van der Waals surface area (Å²) in [5.41, 5.74) is 0. The van der Waals surface area contributed by atoms with Crippen LogP contribution in [0.25, 0.3) is 0 Å². The van der Waals surface area contributed by atoms with Crippen LogP contribution in [0.5, 0.6) is 0 Å². The minimum atomic E-state index is -0.983. The maximum atomic E-state index is 11.9. The van der Waals surface area contributed by atoms with Crippen molar-refractivity contribution >= 4 is 23.8 Å². The molecule has 0 heterocycles. The second kappa shape index (κ2) is 8.24. The lowest BCUT2D eigenvalue weighted by atomic mass is 10.0. The number of carboxylic acid groups (broad SMARTS) is 1. The van der Waals surface area contributed by atoms with Crippen molar-refractivity contribution in [3.05, 3.63) is 0 Å². The van der Waals surface area contributed by atoms with Crippen LogP contribution in [-0.4, -0.2) is 53.1 Å². The molecule has 0 aromatic heterocycles. The highest BCUT2D eigenvalue weighted by molar-refractivity contribution is 7.98. The molecule has 0 aliphatic carbocycles. The van der Waals surface area contributed by atoms with Crippen molar-refractivity contribution in [3.63, 3.8) is 0 Å². The topological polar surface area (TPSA) is 69.6 Å². The van der Waals surface area contributed by atoms with E-state index in [1.54, 1.807) is 23.7 Å². The summed E-state index contributed by atoms with van der Waals surface area (Å²) in [6.07, 6.45) is 2.41. The number of nitrogens with zero attached hydrogens (tertiary/aromatic N) is 1. The molecule has 0 aromatic rings. The predicted octanol–water partition coefficient (Wildman–Crippen LogP) is 1.88. The molecule has 0 radical (unpaired) electrons. The minimum absolute atomic E-state index is 0.0773. The molecule has 2 amide bonds. The van der Waals surface area contributed by atoms with Gasteiger partial charge in [-0.3, -0.25) is 0 Å². The van der Waals surface area contributed by atoms with E-state index in [-0.39, 0.29) is 18.0 Å². The van der Waals surface area contributed by atoms with Crippen LogP contribution in [0.3, 0.4) is 0 Å². The molecule has 0 fully saturated rings. The highest BCUT2D eigenvalue weighted by atomic mass is 32.2. The average molecular weight is 276 g/mol. The number of hydrogen-bond acceptors (Lipinski definition) is 3. The van der Waals surface area contributed by atoms with Gasteiger partial charge in [-0.15, -0.1) is 0 Å². The van der Waals surface area contributed by atoms with Crippen LogP contribution in [0.1, 0.15) is 27.2 Å². The molecule has 0 aliphatic rings. The molecule has 2 atom stereocenters. The third-order valence-corrected chi connectivity index (χ3v) is 3.51. The Kier molecular flexibility index (Phi) is 7.82. The summed E-state index contributed by atoms with van der Waals surface area (Å²) in [6, 6.07) is -1.07. The zero-order valence-corrected chi connectivity index (χ0v) is 12.6. The summed E-state index contributed by atoms with van der Waals surface area (Å²) < 4.78 is 0. The smallest absolute Gasteiger partial charge is 0.326 e. The van der Waals surface area contributed by atoms with Gasteiger partial charge >= 0.3 is 12.0 Å². The Hall–Kier alpha value is -0.910. The zero-order chi connectivity index (χ0) is 14.3. The molecule has 1 unspecified atom stereocenters. The number of carboxylic acids is 1. The quantitative estimate of drug-likeness (QED) is 0.745. The molecule has 0 rings (SSSR count). The molecule has 6 heteroatoms. The Morgan fingerprint density at radius 1 is 1.33 bits per heavy atom. The van der Waals surface area contributed by atoms with E-state index in [4.69, 9.17) is 5.11 Å². The SMILES string of the molecule is CSCC(C)N(C)C(=O)N[C@@H](CC(C)C)C(=O)O. The Balaban J connectivity index is 4.45. The lowest BCUT2D eigenvalue weighted by Crippen LogP contribution is -2.50. The van der Waals surface area contributed by atoms with Crippen molar-refractivity contribution < 1.29 is 14.7 Å². The van der Waals surface area contributed by atoms with Gasteiger partial charge in [0.05, 0.1) is 0 Å². The van der Waals surface area contributed by atoms with Crippen LogP contribution in [0.4, 0.5) is 4.79 Å². The fraction of sp³-hybridized carbons (Fsp3) is 0.833. The second-order valence-electron chi connectivity index (χ2n) is 4.89. The Morgan fingerprint density at radius 2 is 1.89 bits per heavy atom. The van der Waals surface area contributed by atoms with E-state index in [0.717, 1.165) is 5.75 Å². The van der Waals surface area contributed by atoms with Crippen LogP contribution in [-0.2, 0) is 4.79 Å². The Bertz CT molecular complexity index is 284. The predicted molar refractivity (Wildman–Crippen MR) is 75.0 cm³/mol. The first-order valence-corrected chi connectivity index (χ1v) is 7.44. The first-order chi connectivity index (χ1) is 8.29. The summed E-state index contributed by atoms with van der Waals surface area (Å²) in [4.78, 5) is 24.5. The maximum absolute atomic E-state index is 11.9. The first kappa shape index (κ1) is 17.1. The molecule has 0 bridgehead atoms. The van der Waals surface area contributed by atoms with Gasteiger partial charge in [0.1, 0.15) is 6.04 Å². The summed E-state index contributed by atoms with van der Waals surface area (Å²) in [6.45, 7) is 5.80. The van der Waals surface area contributed by atoms with E-state index in [1.807, 2.05) is 27.0 Å². The van der Waals surface area contributed by atoms with E-state index >= 15 is 0 Å². The van der Waals surface area contributed by atoms with Crippen molar-refractivity contribution in [2.75, 3.05) is 19.1 Å². The highest BCUT2D eigenvalue weighted by Gasteiger charge is 2.24. The fourth-order valence-corrected chi connectivity index (χ4v) is 2.20. The lowest BCUT2D eigenvalue weighted by Gasteiger charge is -2.27. The number of carbonyl (C=O) groups excluding carboxylic acids is 1. The van der Waals surface area contributed by atoms with Gasteiger partial charge in [-0.2, -0.15) is 11.8 Å². The molecule has 0 spiro atoms. The zero-order valence-electron chi connectivity index (χ0n) is 11.8. The monoisotopic (exact) mass is 276 g/mol. The maximum Gasteiger partial charge on any atom is 0.326 e. The standard InChI is InChI=1S/C12H24N2O3S/c1-8(2)6-10(11(15)16)13-12(17)14(4)9(3)7-18-5/h8-10H,6-7H2,1-5H3,(H,13,17)(H,15,16)/t9?,10-/m0/s1. The van der Waals surface area contributed by atoms with E-state index in [9.17, 15) is 9.59 Å². The van der Waals surface area contributed by atoms with Crippen molar-refractivity contribution in [2.24, 2.45) is 5.92 Å². The molecule has 2 N–H and O–H groups in total. The van der Waals surface area contributed by atoms with Gasteiger partial charge in [0.15, 0.2) is 0 Å². The summed E-state index contributed by atoms with van der Waals surface area (Å²) >= 11 is 1.65. The average Bonchev–Trinajstić information content (AvgIpc) is 2.26. The number of rotatable bonds is 7. The van der Waals surface area contributed by atoms with Crippen LogP contribution in [0.15, 0.2) is 0 Å². The molecule has 18 heavy (non-hydrogen) atoms. The van der Waals surface area contributed by atoms with Crippen LogP contribution < -0.4 is 5.32 Å². The van der Waals surface area contributed by atoms with E-state index in [1.165, 1.54) is 0 Å². The Morgan fingerprint density at radius 3 is 2.28 bits per heavy atom. The van der Waals surface area contributed by atoms with Crippen molar-refractivity contribution in [3.8, 4) is 0 Å². The third-order valence-electron chi connectivity index (χ3n) is 2.69. The summed E-state index contributed by atoms with van der Waals surface area (Å²) in [5, 5.41) is 11.6. The number of aliphatic carboxylic acids is 1. The second-order valence-corrected chi connectivity index (χ2v) is 5.80. The number of amides is 2. The fourth-order valence-electron chi connectivity index (χ4n) is 1.50. The molecule has 0 aliphatic heterocycles. The molecule has 5 nitrogen and oxygen atoms in total. The molecular formula is C12H24N2O3S. The number of carbonyl (C=O) groups is 2. The molecular weight excluding hydrogens is 252 g/mol. The van der Waals surface area contributed by atoms with Crippen LogP contribution in [0.2, 0.25) is 0 Å². The summed E-state index contributed by atoms with van der Waals surface area (Å²) in [7, 11) is 1.69. The molecule has 0 saturated heterocycles. The van der Waals surface area contributed by atoms with Crippen molar-refractivity contribution in [2.45, 2.75) is 39.3 Å². The normalized spacial score (nSPS) is 14.1. The summed E-state index contributed by atoms with van der Waals surface area (Å²) in [5.74, 6) is 0.0644. The number of urea groups is 1. The van der Waals surface area contributed by atoms with Gasteiger partial charge in [-0.1, -0.05) is 13.8 Å². The van der Waals surface area contributed by atoms with Gasteiger partial charge in [-0.05, 0) is 25.5 Å². The van der Waals surface area contributed by atoms with Gasteiger partial charge in [0.2, 0.25) is 0 Å².